The summed E-state index contributed by atoms with van der Waals surface area (Å²) < 4.78 is 5.81. The Labute approximate surface area is 108 Å². The lowest BCUT2D eigenvalue weighted by Gasteiger charge is -2.40. The third-order valence-corrected chi connectivity index (χ3v) is 4.12. The van der Waals surface area contributed by atoms with Gasteiger partial charge >= 0.3 is 0 Å². The molecule has 2 heterocycles. The molecule has 2 aliphatic rings. The predicted octanol–water partition coefficient (Wildman–Crippen LogP) is 2.28. The van der Waals surface area contributed by atoms with Gasteiger partial charge in [-0.1, -0.05) is 18.1 Å². The molecule has 2 unspecified atom stereocenters. The standard InChI is InChI=1S/C15H21NO2/c1-11-5-6-14-12(9-11)15(17)13(10-18-14)16-7-3-2-4-8-16/h5-6,9,13,15,17H,2-4,7-8,10H2,1H3. The van der Waals surface area contributed by atoms with Crippen molar-refractivity contribution in [2.24, 2.45) is 0 Å². The molecule has 1 N–H and O–H groups in total. The van der Waals surface area contributed by atoms with Gasteiger partial charge in [0.05, 0.1) is 6.04 Å². The van der Waals surface area contributed by atoms with E-state index in [2.05, 4.69) is 17.9 Å². The molecule has 0 bridgehead atoms. The highest BCUT2D eigenvalue weighted by atomic mass is 16.5. The van der Waals surface area contributed by atoms with Crippen LogP contribution in [0.4, 0.5) is 0 Å². The van der Waals surface area contributed by atoms with Crippen LogP contribution in [0.15, 0.2) is 18.2 Å². The van der Waals surface area contributed by atoms with E-state index in [1.807, 2.05) is 12.1 Å². The first-order valence-electron chi connectivity index (χ1n) is 6.91. The van der Waals surface area contributed by atoms with Crippen molar-refractivity contribution in [1.82, 2.24) is 4.90 Å². The van der Waals surface area contributed by atoms with Gasteiger partial charge in [0.2, 0.25) is 0 Å². The van der Waals surface area contributed by atoms with E-state index in [-0.39, 0.29) is 6.04 Å². The van der Waals surface area contributed by atoms with Gasteiger partial charge in [-0.05, 0) is 45.0 Å². The zero-order valence-electron chi connectivity index (χ0n) is 10.9. The fourth-order valence-electron chi connectivity index (χ4n) is 3.06. The summed E-state index contributed by atoms with van der Waals surface area (Å²) in [5.41, 5.74) is 2.13. The summed E-state index contributed by atoms with van der Waals surface area (Å²) in [5.74, 6) is 0.848. The van der Waals surface area contributed by atoms with Crippen LogP contribution in [0.25, 0.3) is 0 Å². The molecule has 0 saturated carbocycles. The number of aryl methyl sites for hydroxylation is 1. The number of hydrogen-bond donors (Lipinski definition) is 1. The maximum Gasteiger partial charge on any atom is 0.125 e. The Balaban J connectivity index is 1.83. The van der Waals surface area contributed by atoms with Crippen molar-refractivity contribution in [3.8, 4) is 5.75 Å². The number of piperidine rings is 1. The SMILES string of the molecule is Cc1ccc2c(c1)C(O)C(N1CCCCC1)CO2. The lowest BCUT2D eigenvalue weighted by molar-refractivity contribution is -0.00437. The molecule has 0 amide bonds. The van der Waals surface area contributed by atoms with Crippen molar-refractivity contribution < 1.29 is 9.84 Å². The van der Waals surface area contributed by atoms with Crippen molar-refractivity contribution in [2.75, 3.05) is 19.7 Å². The van der Waals surface area contributed by atoms with Gasteiger partial charge in [0.25, 0.3) is 0 Å². The van der Waals surface area contributed by atoms with Crippen LogP contribution < -0.4 is 4.74 Å². The number of fused-ring (bicyclic) bond motifs is 1. The van der Waals surface area contributed by atoms with Crippen molar-refractivity contribution in [3.05, 3.63) is 29.3 Å². The van der Waals surface area contributed by atoms with E-state index in [1.54, 1.807) is 0 Å². The largest absolute Gasteiger partial charge is 0.491 e. The lowest BCUT2D eigenvalue weighted by atomic mass is 9.95. The first-order valence-corrected chi connectivity index (χ1v) is 6.91. The van der Waals surface area contributed by atoms with Crippen LogP contribution in [0.3, 0.4) is 0 Å². The monoisotopic (exact) mass is 247 g/mol. The van der Waals surface area contributed by atoms with Gasteiger partial charge in [-0.25, -0.2) is 0 Å². The Bertz CT molecular complexity index is 427. The second-order valence-corrected chi connectivity index (χ2v) is 5.46. The molecule has 2 atom stereocenters. The van der Waals surface area contributed by atoms with E-state index in [0.29, 0.717) is 6.61 Å². The van der Waals surface area contributed by atoms with Crippen LogP contribution in [-0.4, -0.2) is 35.7 Å². The number of likely N-dealkylation sites (tertiary alicyclic amines) is 1. The minimum absolute atomic E-state index is 0.125. The number of rotatable bonds is 1. The fraction of sp³-hybridized carbons (Fsp3) is 0.600. The van der Waals surface area contributed by atoms with Crippen molar-refractivity contribution in [3.63, 3.8) is 0 Å². The second-order valence-electron chi connectivity index (χ2n) is 5.46. The molecular formula is C15H21NO2. The summed E-state index contributed by atoms with van der Waals surface area (Å²) in [7, 11) is 0. The zero-order chi connectivity index (χ0) is 12.5. The van der Waals surface area contributed by atoms with Gasteiger partial charge in [0.1, 0.15) is 18.5 Å². The first-order chi connectivity index (χ1) is 8.75. The molecule has 0 radical (unpaired) electrons. The van der Waals surface area contributed by atoms with E-state index in [9.17, 15) is 5.11 Å². The molecule has 1 saturated heterocycles. The summed E-state index contributed by atoms with van der Waals surface area (Å²) in [4.78, 5) is 2.39. The molecule has 2 aliphatic heterocycles. The van der Waals surface area contributed by atoms with Crippen LogP contribution in [0.5, 0.6) is 5.75 Å². The molecule has 1 aromatic carbocycles. The summed E-state index contributed by atoms with van der Waals surface area (Å²) in [6, 6.07) is 6.18. The van der Waals surface area contributed by atoms with Gasteiger partial charge < -0.3 is 9.84 Å². The van der Waals surface area contributed by atoms with Crippen LogP contribution in [0.2, 0.25) is 0 Å². The topological polar surface area (TPSA) is 32.7 Å². The van der Waals surface area contributed by atoms with Crippen LogP contribution in [0, 0.1) is 6.92 Å². The smallest absolute Gasteiger partial charge is 0.125 e. The summed E-state index contributed by atoms with van der Waals surface area (Å²) in [6.45, 7) is 4.84. The quantitative estimate of drug-likeness (QED) is 0.826. The summed E-state index contributed by atoms with van der Waals surface area (Å²) in [6.07, 6.45) is 3.38. The maximum absolute atomic E-state index is 10.6. The number of benzene rings is 1. The number of nitrogens with zero attached hydrogens (tertiary/aromatic N) is 1. The van der Waals surface area contributed by atoms with Gasteiger partial charge in [-0.3, -0.25) is 4.90 Å². The third-order valence-electron chi connectivity index (χ3n) is 4.12. The minimum Gasteiger partial charge on any atom is -0.491 e. The molecule has 3 rings (SSSR count). The molecule has 18 heavy (non-hydrogen) atoms. The Morgan fingerprint density at radius 2 is 2.00 bits per heavy atom. The minimum atomic E-state index is -0.410. The average Bonchev–Trinajstić information content (AvgIpc) is 2.41. The fourth-order valence-corrected chi connectivity index (χ4v) is 3.06. The van der Waals surface area contributed by atoms with Gasteiger partial charge in [0.15, 0.2) is 0 Å². The Hall–Kier alpha value is -1.06. The Morgan fingerprint density at radius 1 is 1.22 bits per heavy atom. The number of ether oxygens (including phenoxy) is 1. The molecule has 1 aromatic rings. The average molecular weight is 247 g/mol. The summed E-state index contributed by atoms with van der Waals surface area (Å²) in [5, 5.41) is 10.6. The van der Waals surface area contributed by atoms with Gasteiger partial charge in [0, 0.05) is 5.56 Å². The Morgan fingerprint density at radius 3 is 2.78 bits per heavy atom. The van der Waals surface area contributed by atoms with Gasteiger partial charge in [-0.2, -0.15) is 0 Å². The maximum atomic E-state index is 10.6. The normalized spacial score (nSPS) is 28.6. The summed E-state index contributed by atoms with van der Waals surface area (Å²) >= 11 is 0. The van der Waals surface area contributed by atoms with E-state index in [1.165, 1.54) is 24.8 Å². The molecule has 0 aliphatic carbocycles. The predicted molar refractivity (Wildman–Crippen MR) is 70.8 cm³/mol. The molecule has 0 aromatic heterocycles. The lowest BCUT2D eigenvalue weighted by Crippen LogP contribution is -2.48. The van der Waals surface area contributed by atoms with Crippen LogP contribution in [-0.2, 0) is 0 Å². The molecule has 3 heteroatoms. The zero-order valence-corrected chi connectivity index (χ0v) is 10.9. The molecule has 0 spiro atoms. The number of hydrogen-bond acceptors (Lipinski definition) is 3. The van der Waals surface area contributed by atoms with Crippen molar-refractivity contribution >= 4 is 0 Å². The molecular weight excluding hydrogens is 226 g/mol. The highest BCUT2D eigenvalue weighted by Crippen LogP contribution is 2.35. The number of aliphatic hydroxyl groups is 1. The third kappa shape index (κ3) is 2.13. The molecule has 1 fully saturated rings. The number of aliphatic hydroxyl groups excluding tert-OH is 1. The van der Waals surface area contributed by atoms with Crippen molar-refractivity contribution in [1.29, 1.82) is 0 Å². The Kier molecular flexibility index (Phi) is 3.27. The highest BCUT2D eigenvalue weighted by molar-refractivity contribution is 5.40. The van der Waals surface area contributed by atoms with Gasteiger partial charge in [-0.15, -0.1) is 0 Å². The van der Waals surface area contributed by atoms with E-state index >= 15 is 0 Å². The van der Waals surface area contributed by atoms with Crippen LogP contribution >= 0.6 is 0 Å². The van der Waals surface area contributed by atoms with E-state index in [0.717, 1.165) is 24.4 Å². The molecule has 98 valence electrons. The molecule has 3 nitrogen and oxygen atoms in total. The van der Waals surface area contributed by atoms with Crippen molar-refractivity contribution in [2.45, 2.75) is 38.3 Å². The van der Waals surface area contributed by atoms with Crippen LogP contribution in [0.1, 0.15) is 36.5 Å². The van der Waals surface area contributed by atoms with E-state index in [4.69, 9.17) is 4.74 Å². The second kappa shape index (κ2) is 4.90. The van der Waals surface area contributed by atoms with E-state index < -0.39 is 6.10 Å². The first kappa shape index (κ1) is 12.0. The highest BCUT2D eigenvalue weighted by Gasteiger charge is 2.34.